The number of rotatable bonds is 9. The van der Waals surface area contributed by atoms with E-state index in [-0.39, 0.29) is 18.1 Å². The van der Waals surface area contributed by atoms with Crippen LogP contribution in [0.4, 0.5) is 0 Å². The van der Waals surface area contributed by atoms with Crippen molar-refractivity contribution >= 4 is 15.9 Å². The Kier molecular flexibility index (Phi) is 10.6. The summed E-state index contributed by atoms with van der Waals surface area (Å²) in [5.41, 5.74) is 3.92. The highest BCUT2D eigenvalue weighted by Crippen LogP contribution is 2.29. The molecule has 0 bridgehead atoms. The molecule has 0 saturated carbocycles. The number of pyridine rings is 2. The fraction of sp³-hybridized carbons (Fsp3) is 0.360. The van der Waals surface area contributed by atoms with E-state index in [4.69, 9.17) is 0 Å². The topological polar surface area (TPSA) is 67.2 Å². The van der Waals surface area contributed by atoms with Gasteiger partial charge in [-0.3, -0.25) is 9.78 Å². The van der Waals surface area contributed by atoms with Crippen molar-refractivity contribution in [2.45, 2.75) is 39.2 Å². The molecule has 2 aromatic heterocycles. The zero-order valence-electron chi connectivity index (χ0n) is 18.5. The second-order valence-electron chi connectivity index (χ2n) is 7.08. The van der Waals surface area contributed by atoms with E-state index in [0.29, 0.717) is 10.9 Å². The predicted octanol–water partition coefficient (Wildman–Crippen LogP) is 4.88. The lowest BCUT2D eigenvalue weighted by Crippen LogP contribution is -2.28. The van der Waals surface area contributed by atoms with Gasteiger partial charge in [-0.2, -0.15) is 0 Å². The standard InChI is InChI=1S/C23H26BrN3O2.C2H6/c1-27-21(14-20(22(24)23(27)29)18-9-11-25-12-10-18)19(8-5-13-28)16-26-15-17-6-3-2-4-7-17;1-2/h2-4,6-7,9-12,14,19,26,28H,5,8,13,15-16H2,1H3;1-2H3. The molecule has 1 aromatic carbocycles. The highest BCUT2D eigenvalue weighted by Gasteiger charge is 2.19. The van der Waals surface area contributed by atoms with Crippen LogP contribution in [0.15, 0.2) is 70.2 Å². The Morgan fingerprint density at radius 3 is 2.45 bits per heavy atom. The predicted molar refractivity (Wildman–Crippen MR) is 131 cm³/mol. The zero-order chi connectivity index (χ0) is 22.6. The van der Waals surface area contributed by atoms with Crippen LogP contribution in [0.1, 0.15) is 43.9 Å². The van der Waals surface area contributed by atoms with Crippen LogP contribution in [0, 0.1) is 0 Å². The molecule has 0 aliphatic heterocycles. The maximum atomic E-state index is 12.9. The van der Waals surface area contributed by atoms with Crippen LogP contribution in [-0.4, -0.2) is 27.8 Å². The number of aliphatic hydroxyl groups is 1. The number of aliphatic hydroxyl groups excluding tert-OH is 1. The lowest BCUT2D eigenvalue weighted by molar-refractivity contribution is 0.277. The molecular weight excluding hydrogens is 454 g/mol. The summed E-state index contributed by atoms with van der Waals surface area (Å²) >= 11 is 3.48. The average Bonchev–Trinajstić information content (AvgIpc) is 2.83. The summed E-state index contributed by atoms with van der Waals surface area (Å²) in [6.45, 7) is 5.62. The first-order valence-electron chi connectivity index (χ1n) is 10.8. The van der Waals surface area contributed by atoms with Crippen molar-refractivity contribution in [3.63, 3.8) is 0 Å². The first-order valence-corrected chi connectivity index (χ1v) is 11.6. The number of aromatic nitrogens is 2. The van der Waals surface area contributed by atoms with Gasteiger partial charge in [0, 0.05) is 56.3 Å². The van der Waals surface area contributed by atoms with E-state index in [2.05, 4.69) is 44.4 Å². The van der Waals surface area contributed by atoms with Crippen LogP contribution in [0.5, 0.6) is 0 Å². The molecule has 0 aliphatic rings. The van der Waals surface area contributed by atoms with Crippen LogP contribution >= 0.6 is 15.9 Å². The molecule has 31 heavy (non-hydrogen) atoms. The molecule has 0 amide bonds. The molecule has 166 valence electrons. The minimum atomic E-state index is -0.0635. The maximum Gasteiger partial charge on any atom is 0.265 e. The molecule has 2 heterocycles. The Bertz CT molecular complexity index is 975. The number of benzene rings is 1. The van der Waals surface area contributed by atoms with Crippen molar-refractivity contribution in [2.24, 2.45) is 7.05 Å². The summed E-state index contributed by atoms with van der Waals surface area (Å²) in [4.78, 5) is 17.0. The van der Waals surface area contributed by atoms with Crippen molar-refractivity contribution in [3.05, 3.63) is 87.0 Å². The summed E-state index contributed by atoms with van der Waals surface area (Å²) in [5, 5.41) is 12.9. The summed E-state index contributed by atoms with van der Waals surface area (Å²) in [6, 6.07) is 16.1. The summed E-state index contributed by atoms with van der Waals surface area (Å²) < 4.78 is 2.26. The summed E-state index contributed by atoms with van der Waals surface area (Å²) in [5.74, 6) is 0.109. The number of nitrogens with one attached hydrogen (secondary N) is 1. The quantitative estimate of drug-likeness (QED) is 0.453. The summed E-state index contributed by atoms with van der Waals surface area (Å²) in [7, 11) is 1.81. The van der Waals surface area contributed by atoms with Gasteiger partial charge < -0.3 is 15.0 Å². The van der Waals surface area contributed by atoms with E-state index in [1.54, 1.807) is 17.0 Å². The fourth-order valence-electron chi connectivity index (χ4n) is 3.50. The van der Waals surface area contributed by atoms with E-state index in [1.807, 2.05) is 51.2 Å². The van der Waals surface area contributed by atoms with Crippen molar-refractivity contribution in [3.8, 4) is 11.1 Å². The smallest absolute Gasteiger partial charge is 0.265 e. The Hall–Kier alpha value is -2.28. The molecule has 6 heteroatoms. The third kappa shape index (κ3) is 6.86. The van der Waals surface area contributed by atoms with Crippen LogP contribution in [-0.2, 0) is 13.6 Å². The zero-order valence-corrected chi connectivity index (χ0v) is 20.1. The van der Waals surface area contributed by atoms with E-state index in [0.717, 1.165) is 36.3 Å². The molecule has 5 nitrogen and oxygen atoms in total. The average molecular weight is 486 g/mol. The second kappa shape index (κ2) is 13.2. The van der Waals surface area contributed by atoms with E-state index in [1.165, 1.54) is 5.56 Å². The van der Waals surface area contributed by atoms with E-state index in [9.17, 15) is 9.90 Å². The molecule has 0 saturated heterocycles. The maximum absolute atomic E-state index is 12.9. The minimum Gasteiger partial charge on any atom is -0.396 e. The highest BCUT2D eigenvalue weighted by molar-refractivity contribution is 9.10. The molecule has 3 rings (SSSR count). The number of hydrogen-bond acceptors (Lipinski definition) is 4. The SMILES string of the molecule is CC.Cn1c(C(CCCO)CNCc2ccccc2)cc(-c2ccncc2)c(Br)c1=O. The van der Waals surface area contributed by atoms with Crippen LogP contribution in [0.3, 0.4) is 0 Å². The molecule has 0 fully saturated rings. The molecule has 0 aliphatic carbocycles. The van der Waals surface area contributed by atoms with Crippen molar-refractivity contribution in [2.75, 3.05) is 13.2 Å². The Balaban J connectivity index is 0.00000166. The van der Waals surface area contributed by atoms with Gasteiger partial charge in [0.05, 0.1) is 4.47 Å². The Morgan fingerprint density at radius 2 is 1.81 bits per heavy atom. The van der Waals surface area contributed by atoms with Gasteiger partial charge in [-0.15, -0.1) is 0 Å². The van der Waals surface area contributed by atoms with Gasteiger partial charge in [0.15, 0.2) is 0 Å². The van der Waals surface area contributed by atoms with Gasteiger partial charge in [0.25, 0.3) is 5.56 Å². The number of halogens is 1. The van der Waals surface area contributed by atoms with Crippen molar-refractivity contribution in [1.82, 2.24) is 14.9 Å². The lowest BCUT2D eigenvalue weighted by atomic mass is 9.95. The first kappa shape index (κ1) is 25.0. The molecule has 1 atom stereocenters. The lowest BCUT2D eigenvalue weighted by Gasteiger charge is -2.22. The minimum absolute atomic E-state index is 0.0635. The molecule has 2 N–H and O–H groups in total. The highest BCUT2D eigenvalue weighted by atomic mass is 79.9. The largest absolute Gasteiger partial charge is 0.396 e. The van der Waals surface area contributed by atoms with Crippen LogP contribution in [0.25, 0.3) is 11.1 Å². The third-order valence-electron chi connectivity index (χ3n) is 5.09. The number of nitrogens with zero attached hydrogens (tertiary/aromatic N) is 2. The normalized spacial score (nSPS) is 11.5. The third-order valence-corrected chi connectivity index (χ3v) is 5.86. The van der Waals surface area contributed by atoms with Gasteiger partial charge >= 0.3 is 0 Å². The van der Waals surface area contributed by atoms with E-state index >= 15 is 0 Å². The fourth-order valence-corrected chi connectivity index (χ4v) is 4.11. The number of hydrogen-bond donors (Lipinski definition) is 2. The molecule has 0 spiro atoms. The van der Waals surface area contributed by atoms with Gasteiger partial charge in [-0.05, 0) is 58.1 Å². The van der Waals surface area contributed by atoms with Crippen LogP contribution in [0.2, 0.25) is 0 Å². The Morgan fingerprint density at radius 1 is 1.13 bits per heavy atom. The summed E-state index contributed by atoms with van der Waals surface area (Å²) in [6.07, 6.45) is 4.93. The second-order valence-corrected chi connectivity index (χ2v) is 7.87. The van der Waals surface area contributed by atoms with E-state index < -0.39 is 0 Å². The van der Waals surface area contributed by atoms with Crippen molar-refractivity contribution < 1.29 is 5.11 Å². The van der Waals surface area contributed by atoms with Gasteiger partial charge in [-0.1, -0.05) is 44.2 Å². The van der Waals surface area contributed by atoms with Gasteiger partial charge in [0.2, 0.25) is 0 Å². The molecule has 0 radical (unpaired) electrons. The van der Waals surface area contributed by atoms with Crippen LogP contribution < -0.4 is 10.9 Å². The molecule has 3 aromatic rings. The first-order chi connectivity index (χ1) is 15.1. The molecular formula is C25H32BrN3O2. The van der Waals surface area contributed by atoms with Gasteiger partial charge in [-0.25, -0.2) is 0 Å². The Labute approximate surface area is 193 Å². The monoisotopic (exact) mass is 485 g/mol. The molecule has 1 unspecified atom stereocenters. The van der Waals surface area contributed by atoms with Gasteiger partial charge in [0.1, 0.15) is 0 Å². The van der Waals surface area contributed by atoms with Crippen molar-refractivity contribution in [1.29, 1.82) is 0 Å².